The van der Waals surface area contributed by atoms with Gasteiger partial charge in [0.05, 0.1) is 16.3 Å². The van der Waals surface area contributed by atoms with Crippen LogP contribution in [0.15, 0.2) is 36.5 Å². The monoisotopic (exact) mass is 437 g/mol. The molecule has 7 heteroatoms. The summed E-state index contributed by atoms with van der Waals surface area (Å²) in [5.74, 6) is 1.18. The summed E-state index contributed by atoms with van der Waals surface area (Å²) in [5, 5.41) is 3.34. The van der Waals surface area contributed by atoms with Crippen LogP contribution in [0.25, 0.3) is 0 Å². The number of hydrogen-bond acceptors (Lipinski definition) is 3. The smallest absolute Gasteiger partial charge is 0.311 e. The van der Waals surface area contributed by atoms with Gasteiger partial charge in [0, 0.05) is 19.3 Å². The third-order valence-electron chi connectivity index (χ3n) is 6.26. The van der Waals surface area contributed by atoms with Crippen molar-refractivity contribution in [3.63, 3.8) is 0 Å². The Labute approximate surface area is 180 Å². The van der Waals surface area contributed by atoms with Crippen LogP contribution in [-0.2, 0) is 19.3 Å². The Morgan fingerprint density at radius 1 is 1.10 bits per heavy atom. The van der Waals surface area contributed by atoms with Crippen LogP contribution in [-0.4, -0.2) is 29.5 Å². The number of halogens is 4. The van der Waals surface area contributed by atoms with Crippen molar-refractivity contribution in [3.05, 3.63) is 63.9 Å². The van der Waals surface area contributed by atoms with E-state index in [9.17, 15) is 13.2 Å². The number of benzene rings is 1. The van der Waals surface area contributed by atoms with Crippen molar-refractivity contribution in [2.24, 2.45) is 5.92 Å². The van der Waals surface area contributed by atoms with E-state index in [-0.39, 0.29) is 5.02 Å². The summed E-state index contributed by atoms with van der Waals surface area (Å²) in [7, 11) is 0. The van der Waals surface area contributed by atoms with Gasteiger partial charge in [-0.25, -0.2) is 0 Å². The summed E-state index contributed by atoms with van der Waals surface area (Å²) in [6.45, 7) is 4.68. The summed E-state index contributed by atoms with van der Waals surface area (Å²) in [4.78, 5) is 6.39. The van der Waals surface area contributed by atoms with Crippen molar-refractivity contribution in [1.29, 1.82) is 0 Å². The molecule has 2 fully saturated rings. The number of alkyl halides is 3. The number of aromatic nitrogens is 1. The Bertz CT molecular complexity index is 842. The number of nitrogens with zero attached hydrogens (tertiary/aromatic N) is 2. The molecule has 1 N–H and O–H groups in total. The SMILES string of the molecule is FC(F)(F)c1cnc(CNCC2CC(c3ccc(CN4CCCC4)cc3)C2)c(Cl)c1. The lowest BCUT2D eigenvalue weighted by Gasteiger charge is -2.36. The van der Waals surface area contributed by atoms with Crippen LogP contribution in [0.4, 0.5) is 13.2 Å². The van der Waals surface area contributed by atoms with Crippen molar-refractivity contribution in [1.82, 2.24) is 15.2 Å². The van der Waals surface area contributed by atoms with E-state index in [0.29, 0.717) is 24.1 Å². The van der Waals surface area contributed by atoms with E-state index in [0.717, 1.165) is 38.2 Å². The lowest BCUT2D eigenvalue weighted by molar-refractivity contribution is -0.137. The minimum Gasteiger partial charge on any atom is -0.311 e. The van der Waals surface area contributed by atoms with Crippen LogP contribution in [0.2, 0.25) is 5.02 Å². The highest BCUT2D eigenvalue weighted by Crippen LogP contribution is 2.41. The van der Waals surface area contributed by atoms with Crippen LogP contribution >= 0.6 is 11.6 Å². The molecule has 0 atom stereocenters. The molecule has 2 aromatic rings. The van der Waals surface area contributed by atoms with Gasteiger partial charge in [0.2, 0.25) is 0 Å². The van der Waals surface area contributed by atoms with E-state index in [4.69, 9.17) is 11.6 Å². The van der Waals surface area contributed by atoms with Crippen LogP contribution in [0, 0.1) is 5.92 Å². The maximum atomic E-state index is 12.7. The highest BCUT2D eigenvalue weighted by atomic mass is 35.5. The lowest BCUT2D eigenvalue weighted by Crippen LogP contribution is -2.32. The van der Waals surface area contributed by atoms with Gasteiger partial charge >= 0.3 is 6.18 Å². The fourth-order valence-electron chi connectivity index (χ4n) is 4.41. The third kappa shape index (κ3) is 5.34. The molecule has 1 saturated carbocycles. The zero-order valence-electron chi connectivity index (χ0n) is 16.9. The molecule has 0 amide bonds. The largest absolute Gasteiger partial charge is 0.417 e. The molecule has 0 unspecified atom stereocenters. The zero-order valence-corrected chi connectivity index (χ0v) is 17.6. The van der Waals surface area contributed by atoms with Crippen molar-refractivity contribution < 1.29 is 13.2 Å². The number of hydrogen-bond donors (Lipinski definition) is 1. The fourth-order valence-corrected chi connectivity index (χ4v) is 4.65. The summed E-state index contributed by atoms with van der Waals surface area (Å²) in [6, 6.07) is 10.0. The van der Waals surface area contributed by atoms with Gasteiger partial charge in [-0.1, -0.05) is 35.9 Å². The maximum absolute atomic E-state index is 12.7. The van der Waals surface area contributed by atoms with E-state index >= 15 is 0 Å². The highest BCUT2D eigenvalue weighted by molar-refractivity contribution is 6.31. The molecule has 1 saturated heterocycles. The summed E-state index contributed by atoms with van der Waals surface area (Å²) in [6.07, 6.45) is 1.32. The fraction of sp³-hybridized carbons (Fsp3) is 0.522. The number of likely N-dealkylation sites (tertiary alicyclic amines) is 1. The molecule has 2 aliphatic rings. The van der Waals surface area contributed by atoms with Gasteiger partial charge in [-0.2, -0.15) is 13.2 Å². The quantitative estimate of drug-likeness (QED) is 0.608. The van der Waals surface area contributed by atoms with E-state index < -0.39 is 11.7 Å². The molecule has 2 heterocycles. The second kappa shape index (κ2) is 9.25. The molecule has 0 spiro atoms. The van der Waals surface area contributed by atoms with E-state index in [1.54, 1.807) is 0 Å². The molecule has 1 aromatic heterocycles. The first-order valence-corrected chi connectivity index (χ1v) is 11.0. The van der Waals surface area contributed by atoms with E-state index in [2.05, 4.69) is 39.5 Å². The van der Waals surface area contributed by atoms with Crippen molar-refractivity contribution in [3.8, 4) is 0 Å². The molecule has 1 aliphatic carbocycles. The summed E-state index contributed by atoms with van der Waals surface area (Å²) < 4.78 is 38.1. The molecule has 1 aromatic carbocycles. The minimum atomic E-state index is -4.42. The Hall–Kier alpha value is -1.63. The predicted molar refractivity (Wildman–Crippen MR) is 112 cm³/mol. The van der Waals surface area contributed by atoms with Gasteiger partial charge < -0.3 is 5.32 Å². The molecule has 4 rings (SSSR count). The van der Waals surface area contributed by atoms with Crippen LogP contribution in [0.3, 0.4) is 0 Å². The highest BCUT2D eigenvalue weighted by Gasteiger charge is 2.32. The standard InChI is InChI=1S/C23H27ClF3N3/c24-21-11-20(23(25,26)27)13-29-22(21)14-28-12-17-9-19(10-17)18-5-3-16(4-6-18)15-30-7-1-2-8-30/h3-6,11,13,17,19,28H,1-2,7-10,12,14-15H2. The minimum absolute atomic E-state index is 0.0535. The number of rotatable bonds is 7. The Morgan fingerprint density at radius 3 is 2.43 bits per heavy atom. The molecule has 0 radical (unpaired) electrons. The first-order chi connectivity index (χ1) is 14.4. The van der Waals surface area contributed by atoms with Crippen LogP contribution in [0.5, 0.6) is 0 Å². The molecule has 1 aliphatic heterocycles. The van der Waals surface area contributed by atoms with Crippen LogP contribution in [0.1, 0.15) is 54.0 Å². The number of pyridine rings is 1. The maximum Gasteiger partial charge on any atom is 0.417 e. The molecule has 3 nitrogen and oxygen atoms in total. The predicted octanol–water partition coefficient (Wildman–Crippen LogP) is 5.63. The van der Waals surface area contributed by atoms with Crippen molar-refractivity contribution in [2.75, 3.05) is 19.6 Å². The number of nitrogens with one attached hydrogen (secondary N) is 1. The Kier molecular flexibility index (Phi) is 6.66. The van der Waals surface area contributed by atoms with Gasteiger partial charge in [0.1, 0.15) is 0 Å². The summed E-state index contributed by atoms with van der Waals surface area (Å²) >= 11 is 5.96. The average Bonchev–Trinajstić information content (AvgIpc) is 3.18. The summed E-state index contributed by atoms with van der Waals surface area (Å²) in [5.41, 5.74) is 2.43. The van der Waals surface area contributed by atoms with Gasteiger partial charge in [-0.05, 0) is 74.3 Å². The molecule has 162 valence electrons. The Balaban J connectivity index is 1.19. The van der Waals surface area contributed by atoms with Gasteiger partial charge in [-0.15, -0.1) is 0 Å². The lowest BCUT2D eigenvalue weighted by atomic mass is 9.71. The Morgan fingerprint density at radius 2 is 1.80 bits per heavy atom. The van der Waals surface area contributed by atoms with Gasteiger partial charge in [0.25, 0.3) is 0 Å². The van der Waals surface area contributed by atoms with Crippen LogP contribution < -0.4 is 5.32 Å². The van der Waals surface area contributed by atoms with E-state index in [1.807, 2.05) is 0 Å². The molecule has 0 bridgehead atoms. The van der Waals surface area contributed by atoms with E-state index in [1.165, 1.54) is 37.1 Å². The average molecular weight is 438 g/mol. The molecular formula is C23H27ClF3N3. The zero-order chi connectivity index (χ0) is 21.1. The molecule has 30 heavy (non-hydrogen) atoms. The normalized spacial score (nSPS) is 22.3. The van der Waals surface area contributed by atoms with Crippen molar-refractivity contribution >= 4 is 11.6 Å². The second-order valence-electron chi connectivity index (χ2n) is 8.54. The van der Waals surface area contributed by atoms with Gasteiger partial charge in [-0.3, -0.25) is 9.88 Å². The third-order valence-corrected chi connectivity index (χ3v) is 6.59. The first kappa shape index (κ1) is 21.6. The second-order valence-corrected chi connectivity index (χ2v) is 8.95. The molecular weight excluding hydrogens is 411 g/mol. The van der Waals surface area contributed by atoms with Gasteiger partial charge in [0.15, 0.2) is 0 Å². The topological polar surface area (TPSA) is 28.2 Å². The van der Waals surface area contributed by atoms with Crippen molar-refractivity contribution in [2.45, 2.75) is 50.9 Å². The first-order valence-electron chi connectivity index (χ1n) is 10.6.